The maximum absolute atomic E-state index is 6.13. The lowest BCUT2D eigenvalue weighted by molar-refractivity contribution is 0.629. The first-order valence-corrected chi connectivity index (χ1v) is 5.37. The van der Waals surface area contributed by atoms with Crippen LogP contribution >= 0.6 is 0 Å². The Hall–Kier alpha value is -0.830. The van der Waals surface area contributed by atoms with E-state index in [1.807, 2.05) is 0 Å². The van der Waals surface area contributed by atoms with Crippen LogP contribution in [0.1, 0.15) is 36.7 Å². The van der Waals surface area contributed by atoms with Crippen molar-refractivity contribution in [3.05, 3.63) is 17.0 Å². The molecule has 2 rings (SSSR count). The van der Waals surface area contributed by atoms with Gasteiger partial charge in [-0.1, -0.05) is 0 Å². The average molecular weight is 193 g/mol. The van der Waals surface area contributed by atoms with Gasteiger partial charge < -0.3 is 5.73 Å². The fourth-order valence-corrected chi connectivity index (χ4v) is 1.99. The molecule has 78 valence electrons. The Morgan fingerprint density at radius 1 is 1.43 bits per heavy atom. The Morgan fingerprint density at radius 2 is 2.07 bits per heavy atom. The van der Waals surface area contributed by atoms with E-state index in [4.69, 9.17) is 5.73 Å². The van der Waals surface area contributed by atoms with E-state index in [0.29, 0.717) is 0 Å². The summed E-state index contributed by atoms with van der Waals surface area (Å²) in [5, 5.41) is 4.50. The second-order valence-corrected chi connectivity index (χ2v) is 4.50. The van der Waals surface area contributed by atoms with Crippen LogP contribution in [0.5, 0.6) is 0 Å². The first-order valence-electron chi connectivity index (χ1n) is 5.37. The van der Waals surface area contributed by atoms with E-state index in [1.165, 1.54) is 24.1 Å². The summed E-state index contributed by atoms with van der Waals surface area (Å²) in [4.78, 5) is 0. The normalized spacial score (nSPS) is 18.6. The van der Waals surface area contributed by atoms with Crippen LogP contribution in [-0.4, -0.2) is 15.3 Å². The first-order chi connectivity index (χ1) is 6.56. The third kappa shape index (κ3) is 1.57. The van der Waals surface area contributed by atoms with Gasteiger partial charge in [-0.05, 0) is 45.6 Å². The van der Waals surface area contributed by atoms with E-state index in [1.54, 1.807) is 0 Å². The van der Waals surface area contributed by atoms with Gasteiger partial charge in [0.15, 0.2) is 0 Å². The summed E-state index contributed by atoms with van der Waals surface area (Å²) >= 11 is 0. The Labute approximate surface area is 85.3 Å². The standard InChI is InChI=1S/C11H19N3/c1-4-14-9(3)10(8(2)13-14)7-11(12)5-6-11/h4-7,12H2,1-3H3. The molecule has 1 aliphatic carbocycles. The molecule has 2 N–H and O–H groups in total. The molecule has 3 heteroatoms. The van der Waals surface area contributed by atoms with Crippen molar-refractivity contribution in [3.8, 4) is 0 Å². The Kier molecular flexibility index (Phi) is 2.14. The minimum Gasteiger partial charge on any atom is -0.325 e. The average Bonchev–Trinajstić information content (AvgIpc) is 2.82. The van der Waals surface area contributed by atoms with E-state index in [-0.39, 0.29) is 5.54 Å². The smallest absolute Gasteiger partial charge is 0.0629 e. The molecule has 0 spiro atoms. The zero-order chi connectivity index (χ0) is 10.3. The van der Waals surface area contributed by atoms with E-state index in [0.717, 1.165) is 18.7 Å². The van der Waals surface area contributed by atoms with Crippen molar-refractivity contribution in [3.63, 3.8) is 0 Å². The molecular weight excluding hydrogens is 174 g/mol. The number of aromatic nitrogens is 2. The highest BCUT2D eigenvalue weighted by Gasteiger charge is 2.39. The molecule has 0 bridgehead atoms. The predicted octanol–water partition coefficient (Wildman–Crippen LogP) is 1.55. The second-order valence-electron chi connectivity index (χ2n) is 4.50. The first kappa shape index (κ1) is 9.71. The van der Waals surface area contributed by atoms with Crippen LogP contribution in [0.25, 0.3) is 0 Å². The lowest BCUT2D eigenvalue weighted by Gasteiger charge is -2.08. The SMILES string of the molecule is CCn1nc(C)c(CC2(N)CC2)c1C. The summed E-state index contributed by atoms with van der Waals surface area (Å²) in [6, 6.07) is 0. The molecular formula is C11H19N3. The van der Waals surface area contributed by atoms with Crippen molar-refractivity contribution in [1.29, 1.82) is 0 Å². The van der Waals surface area contributed by atoms with Gasteiger partial charge in [0, 0.05) is 17.8 Å². The van der Waals surface area contributed by atoms with Gasteiger partial charge >= 0.3 is 0 Å². The van der Waals surface area contributed by atoms with Crippen LogP contribution in [0.3, 0.4) is 0 Å². The number of nitrogens with two attached hydrogens (primary N) is 1. The van der Waals surface area contributed by atoms with Crippen LogP contribution in [0, 0.1) is 13.8 Å². The summed E-state index contributed by atoms with van der Waals surface area (Å²) in [5.74, 6) is 0. The molecule has 1 fully saturated rings. The molecule has 0 saturated heterocycles. The van der Waals surface area contributed by atoms with Crippen LogP contribution in [-0.2, 0) is 13.0 Å². The van der Waals surface area contributed by atoms with E-state index < -0.39 is 0 Å². The quantitative estimate of drug-likeness (QED) is 0.791. The second kappa shape index (κ2) is 3.09. The zero-order valence-electron chi connectivity index (χ0n) is 9.30. The summed E-state index contributed by atoms with van der Waals surface area (Å²) in [5.41, 5.74) is 10.0. The van der Waals surface area contributed by atoms with Crippen LogP contribution in [0.4, 0.5) is 0 Å². The highest BCUT2D eigenvalue weighted by Crippen LogP contribution is 2.36. The maximum Gasteiger partial charge on any atom is 0.0629 e. The lowest BCUT2D eigenvalue weighted by Crippen LogP contribution is -2.25. The van der Waals surface area contributed by atoms with Crippen LogP contribution < -0.4 is 5.73 Å². The molecule has 3 nitrogen and oxygen atoms in total. The lowest BCUT2D eigenvalue weighted by atomic mass is 10.0. The van der Waals surface area contributed by atoms with Gasteiger partial charge in [0.2, 0.25) is 0 Å². The van der Waals surface area contributed by atoms with Crippen molar-refractivity contribution in [2.24, 2.45) is 5.73 Å². The van der Waals surface area contributed by atoms with E-state index in [2.05, 4.69) is 30.6 Å². The van der Waals surface area contributed by atoms with Crippen LogP contribution in [0.2, 0.25) is 0 Å². The molecule has 1 aliphatic rings. The summed E-state index contributed by atoms with van der Waals surface area (Å²) < 4.78 is 2.07. The fourth-order valence-electron chi connectivity index (χ4n) is 1.99. The Balaban J connectivity index is 2.27. The van der Waals surface area contributed by atoms with Gasteiger partial charge in [-0.25, -0.2) is 0 Å². The van der Waals surface area contributed by atoms with Gasteiger partial charge in [-0.15, -0.1) is 0 Å². The van der Waals surface area contributed by atoms with Gasteiger partial charge in [-0.3, -0.25) is 4.68 Å². The topological polar surface area (TPSA) is 43.8 Å². The summed E-state index contributed by atoms with van der Waals surface area (Å²) in [7, 11) is 0. The summed E-state index contributed by atoms with van der Waals surface area (Å²) in [6.45, 7) is 7.30. The fraction of sp³-hybridized carbons (Fsp3) is 0.727. The number of hydrogen-bond donors (Lipinski definition) is 1. The molecule has 1 heterocycles. The van der Waals surface area contributed by atoms with E-state index in [9.17, 15) is 0 Å². The number of rotatable bonds is 3. The third-order valence-electron chi connectivity index (χ3n) is 3.25. The molecule has 14 heavy (non-hydrogen) atoms. The highest BCUT2D eigenvalue weighted by molar-refractivity contribution is 5.28. The molecule has 0 atom stereocenters. The van der Waals surface area contributed by atoms with Crippen molar-refractivity contribution in [1.82, 2.24) is 9.78 Å². The molecule has 0 amide bonds. The number of aryl methyl sites for hydroxylation is 2. The zero-order valence-corrected chi connectivity index (χ0v) is 9.30. The van der Waals surface area contributed by atoms with Gasteiger partial charge in [-0.2, -0.15) is 5.10 Å². The molecule has 0 unspecified atom stereocenters. The molecule has 0 aromatic carbocycles. The third-order valence-corrected chi connectivity index (χ3v) is 3.25. The molecule has 1 aromatic rings. The predicted molar refractivity (Wildman–Crippen MR) is 57.2 cm³/mol. The van der Waals surface area contributed by atoms with Gasteiger partial charge in [0.25, 0.3) is 0 Å². The summed E-state index contributed by atoms with van der Waals surface area (Å²) in [6.07, 6.45) is 3.34. The minimum atomic E-state index is 0.0944. The molecule has 1 aromatic heterocycles. The molecule has 1 saturated carbocycles. The van der Waals surface area contributed by atoms with Gasteiger partial charge in [0.05, 0.1) is 5.69 Å². The maximum atomic E-state index is 6.13. The van der Waals surface area contributed by atoms with Crippen LogP contribution in [0.15, 0.2) is 0 Å². The largest absolute Gasteiger partial charge is 0.325 e. The van der Waals surface area contributed by atoms with Crippen molar-refractivity contribution in [2.75, 3.05) is 0 Å². The number of nitrogens with zero attached hydrogens (tertiary/aromatic N) is 2. The van der Waals surface area contributed by atoms with Gasteiger partial charge in [0.1, 0.15) is 0 Å². The van der Waals surface area contributed by atoms with E-state index >= 15 is 0 Å². The molecule has 0 aliphatic heterocycles. The minimum absolute atomic E-state index is 0.0944. The number of hydrogen-bond acceptors (Lipinski definition) is 2. The van der Waals surface area contributed by atoms with Crippen molar-refractivity contribution in [2.45, 2.75) is 52.1 Å². The highest BCUT2D eigenvalue weighted by atomic mass is 15.3. The Bertz CT molecular complexity index is 348. The Morgan fingerprint density at radius 3 is 2.50 bits per heavy atom. The van der Waals surface area contributed by atoms with Crippen molar-refractivity contribution >= 4 is 0 Å². The van der Waals surface area contributed by atoms with Crippen molar-refractivity contribution < 1.29 is 0 Å². The monoisotopic (exact) mass is 193 g/mol. The molecule has 0 radical (unpaired) electrons.